The largest absolute Gasteiger partial charge is 0.460 e. The lowest BCUT2D eigenvalue weighted by molar-refractivity contribution is -0.153. The van der Waals surface area contributed by atoms with E-state index in [2.05, 4.69) is 4.74 Å². The molecule has 1 rings (SSSR count). The van der Waals surface area contributed by atoms with E-state index in [1.165, 1.54) is 0 Å². The molecule has 0 radical (unpaired) electrons. The molecule has 1 N–H and O–H groups in total. The maximum absolute atomic E-state index is 11.4. The molecule has 1 unspecified atom stereocenters. The summed E-state index contributed by atoms with van der Waals surface area (Å²) >= 11 is 0. The van der Waals surface area contributed by atoms with E-state index in [1.807, 2.05) is 0 Å². The number of hydrogen-bond acceptors (Lipinski definition) is 5. The molecule has 112 valence electrons. The number of unbranched alkanes of at least 4 members (excludes halogenated alkanes) is 3. The molecule has 0 aromatic carbocycles. The summed E-state index contributed by atoms with van der Waals surface area (Å²) in [5.74, 6) is -1.18. The van der Waals surface area contributed by atoms with Crippen molar-refractivity contribution < 1.29 is 24.2 Å². The van der Waals surface area contributed by atoms with Crippen LogP contribution in [0, 0.1) is 0 Å². The van der Waals surface area contributed by atoms with Gasteiger partial charge in [0, 0.05) is 12.8 Å². The first-order valence-electron chi connectivity index (χ1n) is 7.16. The van der Waals surface area contributed by atoms with Gasteiger partial charge in [-0.3, -0.25) is 9.59 Å². The van der Waals surface area contributed by atoms with Crippen molar-refractivity contribution in [1.82, 2.24) is 0 Å². The molecule has 1 aliphatic rings. The fourth-order valence-electron chi connectivity index (χ4n) is 2.20. The average Bonchev–Trinajstić information content (AvgIpc) is 2.72. The standard InChI is InChI=1S/C15H22O5/c1-2-20-15(19)13(17)8-6-4-3-5-7-11-9-12(16)10-14(11)18/h9,12,16H,2-8,10H2,1H3. The minimum absolute atomic E-state index is 0.0370. The SMILES string of the molecule is CCOC(=O)C(=O)CCCCCCC1=CC(O)CC1=O. The van der Waals surface area contributed by atoms with E-state index in [9.17, 15) is 19.5 Å². The maximum atomic E-state index is 11.4. The van der Waals surface area contributed by atoms with E-state index in [-0.39, 0.29) is 25.2 Å². The summed E-state index contributed by atoms with van der Waals surface area (Å²) in [6, 6.07) is 0. The number of allylic oxidation sites excluding steroid dienone is 1. The van der Waals surface area contributed by atoms with Crippen LogP contribution in [0.25, 0.3) is 0 Å². The molecular weight excluding hydrogens is 260 g/mol. The Balaban J connectivity index is 2.05. The number of carbonyl (C=O) groups excluding carboxylic acids is 3. The first kappa shape index (κ1) is 16.6. The van der Waals surface area contributed by atoms with Crippen molar-refractivity contribution in [2.75, 3.05) is 6.61 Å². The lowest BCUT2D eigenvalue weighted by Crippen LogP contribution is -2.16. The Bertz CT molecular complexity index is 397. The minimum atomic E-state index is -0.747. The number of rotatable bonds is 9. The van der Waals surface area contributed by atoms with E-state index < -0.39 is 17.9 Å². The van der Waals surface area contributed by atoms with Gasteiger partial charge in [0.1, 0.15) is 0 Å². The van der Waals surface area contributed by atoms with Gasteiger partial charge in [-0.15, -0.1) is 0 Å². The zero-order valence-electron chi connectivity index (χ0n) is 11.9. The number of Topliss-reactive ketones (excluding diaryl/α,β-unsaturated/α-hetero) is 2. The third-order valence-corrected chi connectivity index (χ3v) is 3.25. The first-order chi connectivity index (χ1) is 9.54. The quantitative estimate of drug-likeness (QED) is 0.395. The molecular formula is C15H22O5. The smallest absolute Gasteiger partial charge is 0.374 e. The Morgan fingerprint density at radius 2 is 2.00 bits per heavy atom. The topological polar surface area (TPSA) is 80.7 Å². The Labute approximate surface area is 119 Å². The maximum Gasteiger partial charge on any atom is 0.374 e. The van der Waals surface area contributed by atoms with Crippen molar-refractivity contribution >= 4 is 17.5 Å². The molecule has 0 heterocycles. The van der Waals surface area contributed by atoms with Crippen LogP contribution in [-0.2, 0) is 19.1 Å². The Morgan fingerprint density at radius 1 is 1.30 bits per heavy atom. The predicted molar refractivity (Wildman–Crippen MR) is 73.1 cm³/mol. The molecule has 0 amide bonds. The molecule has 0 aromatic heterocycles. The van der Waals surface area contributed by atoms with Gasteiger partial charge in [0.2, 0.25) is 5.78 Å². The lowest BCUT2D eigenvalue weighted by atomic mass is 10.0. The summed E-state index contributed by atoms with van der Waals surface area (Å²) in [7, 11) is 0. The van der Waals surface area contributed by atoms with Crippen LogP contribution in [0.15, 0.2) is 11.6 Å². The van der Waals surface area contributed by atoms with Gasteiger partial charge in [-0.2, -0.15) is 0 Å². The van der Waals surface area contributed by atoms with E-state index in [4.69, 9.17) is 0 Å². The van der Waals surface area contributed by atoms with Crippen LogP contribution in [0.2, 0.25) is 0 Å². The summed E-state index contributed by atoms with van der Waals surface area (Å²) < 4.78 is 4.61. The first-order valence-corrected chi connectivity index (χ1v) is 7.16. The molecule has 0 aromatic rings. The van der Waals surface area contributed by atoms with Crippen LogP contribution in [0.3, 0.4) is 0 Å². The van der Waals surface area contributed by atoms with Gasteiger partial charge in [-0.05, 0) is 37.8 Å². The summed E-state index contributed by atoms with van der Waals surface area (Å²) in [5, 5.41) is 9.29. The molecule has 0 spiro atoms. The minimum Gasteiger partial charge on any atom is -0.460 e. The van der Waals surface area contributed by atoms with Crippen molar-refractivity contribution in [3.05, 3.63) is 11.6 Å². The molecule has 1 aliphatic carbocycles. The average molecular weight is 282 g/mol. The van der Waals surface area contributed by atoms with Crippen molar-refractivity contribution in [2.45, 2.75) is 58.0 Å². The third kappa shape index (κ3) is 5.65. The van der Waals surface area contributed by atoms with E-state index in [1.54, 1.807) is 13.0 Å². The molecule has 20 heavy (non-hydrogen) atoms. The van der Waals surface area contributed by atoms with Crippen LogP contribution in [0.4, 0.5) is 0 Å². The highest BCUT2D eigenvalue weighted by atomic mass is 16.5. The van der Waals surface area contributed by atoms with Crippen molar-refractivity contribution in [2.24, 2.45) is 0 Å². The zero-order chi connectivity index (χ0) is 15.0. The van der Waals surface area contributed by atoms with Gasteiger partial charge >= 0.3 is 5.97 Å². The fourth-order valence-corrected chi connectivity index (χ4v) is 2.20. The van der Waals surface area contributed by atoms with Gasteiger partial charge in [0.15, 0.2) is 5.78 Å². The Kier molecular flexibility index (Phi) is 7.15. The number of aliphatic hydroxyl groups excluding tert-OH is 1. The monoisotopic (exact) mass is 282 g/mol. The second-order valence-electron chi connectivity index (χ2n) is 4.94. The van der Waals surface area contributed by atoms with Crippen molar-refractivity contribution in [1.29, 1.82) is 0 Å². The molecule has 0 saturated heterocycles. The number of ether oxygens (including phenoxy) is 1. The highest BCUT2D eigenvalue weighted by Gasteiger charge is 2.21. The van der Waals surface area contributed by atoms with Crippen LogP contribution < -0.4 is 0 Å². The van der Waals surface area contributed by atoms with E-state index >= 15 is 0 Å². The number of carbonyl (C=O) groups is 3. The van der Waals surface area contributed by atoms with Gasteiger partial charge in [0.05, 0.1) is 12.7 Å². The number of esters is 1. The normalized spacial score (nSPS) is 18.0. The van der Waals surface area contributed by atoms with Gasteiger partial charge < -0.3 is 9.84 Å². The zero-order valence-corrected chi connectivity index (χ0v) is 11.9. The number of ketones is 2. The predicted octanol–water partition coefficient (Wildman–Crippen LogP) is 1.72. The van der Waals surface area contributed by atoms with E-state index in [0.29, 0.717) is 12.8 Å². The molecule has 0 bridgehead atoms. The van der Waals surface area contributed by atoms with Crippen LogP contribution in [0.5, 0.6) is 0 Å². The second-order valence-corrected chi connectivity index (χ2v) is 4.94. The Morgan fingerprint density at radius 3 is 2.60 bits per heavy atom. The Hall–Kier alpha value is -1.49. The highest BCUT2D eigenvalue weighted by molar-refractivity contribution is 6.33. The van der Waals surface area contributed by atoms with Crippen molar-refractivity contribution in [3.8, 4) is 0 Å². The molecule has 5 heteroatoms. The third-order valence-electron chi connectivity index (χ3n) is 3.25. The van der Waals surface area contributed by atoms with Gasteiger partial charge in [0.25, 0.3) is 0 Å². The molecule has 1 atom stereocenters. The van der Waals surface area contributed by atoms with Crippen LogP contribution >= 0.6 is 0 Å². The highest BCUT2D eigenvalue weighted by Crippen LogP contribution is 2.20. The van der Waals surface area contributed by atoms with Gasteiger partial charge in [-0.1, -0.05) is 12.8 Å². The summed E-state index contributed by atoms with van der Waals surface area (Å²) in [5.41, 5.74) is 0.722. The van der Waals surface area contributed by atoms with Crippen molar-refractivity contribution in [3.63, 3.8) is 0 Å². The molecule has 0 saturated carbocycles. The van der Waals surface area contributed by atoms with E-state index in [0.717, 1.165) is 24.8 Å². The summed E-state index contributed by atoms with van der Waals surface area (Å²) in [4.78, 5) is 33.8. The molecule has 0 fully saturated rings. The number of hydrogen-bond donors (Lipinski definition) is 1. The summed E-state index contributed by atoms with van der Waals surface area (Å²) in [6.07, 6.45) is 5.40. The molecule has 5 nitrogen and oxygen atoms in total. The second kappa shape index (κ2) is 8.64. The van der Waals surface area contributed by atoms with Gasteiger partial charge in [-0.25, -0.2) is 4.79 Å². The number of aliphatic hydroxyl groups is 1. The molecule has 0 aliphatic heterocycles. The summed E-state index contributed by atoms with van der Waals surface area (Å²) in [6.45, 7) is 1.89. The lowest BCUT2D eigenvalue weighted by Gasteiger charge is -2.02. The fraction of sp³-hybridized carbons (Fsp3) is 0.667. The van der Waals surface area contributed by atoms with Crippen LogP contribution in [0.1, 0.15) is 51.9 Å². The van der Waals surface area contributed by atoms with Crippen LogP contribution in [-0.4, -0.2) is 35.4 Å².